The van der Waals surface area contributed by atoms with Crippen molar-refractivity contribution in [1.29, 1.82) is 0 Å². The van der Waals surface area contributed by atoms with Crippen LogP contribution in [0.4, 0.5) is 0 Å². The number of hydrogen-bond donors (Lipinski definition) is 1. The molecule has 2 unspecified atom stereocenters. The fraction of sp³-hybridized carbons (Fsp3) is 0.500. The van der Waals surface area contributed by atoms with Gasteiger partial charge in [-0.05, 0) is 24.5 Å². The molecular formula is C16H21NO3. The number of rotatable bonds is 4. The Kier molecular flexibility index (Phi) is 4.42. The first kappa shape index (κ1) is 14.6. The van der Waals surface area contributed by atoms with Crippen LogP contribution in [-0.2, 0) is 9.59 Å². The van der Waals surface area contributed by atoms with Crippen LogP contribution in [0.5, 0.6) is 5.75 Å². The second-order valence-electron chi connectivity index (χ2n) is 5.46. The van der Waals surface area contributed by atoms with Crippen molar-refractivity contribution in [1.82, 2.24) is 5.32 Å². The van der Waals surface area contributed by atoms with E-state index < -0.39 is 0 Å². The predicted molar refractivity (Wildman–Crippen MR) is 76.4 cm³/mol. The van der Waals surface area contributed by atoms with Gasteiger partial charge in [0.25, 0.3) is 0 Å². The summed E-state index contributed by atoms with van der Waals surface area (Å²) in [6.45, 7) is 6.51. The standard InChI is InChI=1S/C16H21NO3/c1-4-20-13-8-6-5-7-11(13)12-9-14(18)17-16(19)15(12)10(2)3/h5-8,10,12,15H,4,9H2,1-3H3,(H,17,18,19). The second kappa shape index (κ2) is 6.07. The highest BCUT2D eigenvalue weighted by molar-refractivity contribution is 6.00. The minimum atomic E-state index is -0.205. The van der Waals surface area contributed by atoms with Crippen LogP contribution in [0.3, 0.4) is 0 Å². The first-order valence-corrected chi connectivity index (χ1v) is 7.10. The van der Waals surface area contributed by atoms with Crippen LogP contribution in [0.15, 0.2) is 24.3 Å². The summed E-state index contributed by atoms with van der Waals surface area (Å²) in [6.07, 6.45) is 0.332. The first-order valence-electron chi connectivity index (χ1n) is 7.10. The number of piperidine rings is 1. The molecule has 4 heteroatoms. The van der Waals surface area contributed by atoms with Crippen LogP contribution in [0.1, 0.15) is 38.7 Å². The van der Waals surface area contributed by atoms with Crippen molar-refractivity contribution in [3.05, 3.63) is 29.8 Å². The Bertz CT molecular complexity index is 510. The molecule has 0 spiro atoms. The van der Waals surface area contributed by atoms with Crippen molar-refractivity contribution in [3.8, 4) is 5.75 Å². The normalized spacial score (nSPS) is 22.8. The van der Waals surface area contributed by atoms with Crippen LogP contribution >= 0.6 is 0 Å². The molecule has 0 radical (unpaired) electrons. The number of benzene rings is 1. The highest BCUT2D eigenvalue weighted by Gasteiger charge is 2.39. The topological polar surface area (TPSA) is 55.4 Å². The van der Waals surface area contributed by atoms with E-state index in [9.17, 15) is 9.59 Å². The van der Waals surface area contributed by atoms with Crippen molar-refractivity contribution in [2.45, 2.75) is 33.1 Å². The Morgan fingerprint density at radius 1 is 1.30 bits per heavy atom. The number of nitrogens with one attached hydrogen (secondary N) is 1. The molecule has 1 saturated heterocycles. The zero-order valence-corrected chi connectivity index (χ0v) is 12.2. The van der Waals surface area contributed by atoms with Crippen LogP contribution < -0.4 is 10.1 Å². The minimum absolute atomic E-state index is 0.112. The van der Waals surface area contributed by atoms with E-state index in [0.717, 1.165) is 11.3 Å². The molecule has 1 aromatic rings. The van der Waals surface area contributed by atoms with Crippen molar-refractivity contribution in [3.63, 3.8) is 0 Å². The van der Waals surface area contributed by atoms with Gasteiger partial charge >= 0.3 is 0 Å². The molecule has 0 saturated carbocycles. The maximum absolute atomic E-state index is 12.1. The van der Waals surface area contributed by atoms with Gasteiger partial charge in [-0.1, -0.05) is 32.0 Å². The van der Waals surface area contributed by atoms with E-state index in [1.165, 1.54) is 0 Å². The number of ether oxygens (including phenoxy) is 1. The van der Waals surface area contributed by atoms with E-state index in [2.05, 4.69) is 5.32 Å². The van der Waals surface area contributed by atoms with Crippen LogP contribution in [-0.4, -0.2) is 18.4 Å². The van der Waals surface area contributed by atoms with Crippen molar-refractivity contribution >= 4 is 11.8 Å². The Labute approximate surface area is 119 Å². The Morgan fingerprint density at radius 2 is 2.00 bits per heavy atom. The number of imide groups is 1. The molecule has 108 valence electrons. The molecule has 1 aromatic carbocycles. The molecule has 0 bridgehead atoms. The van der Waals surface area contributed by atoms with Gasteiger partial charge in [0.2, 0.25) is 11.8 Å². The summed E-state index contributed by atoms with van der Waals surface area (Å²) in [5.74, 6) is 0.250. The maximum Gasteiger partial charge on any atom is 0.230 e. The van der Waals surface area contributed by atoms with E-state index in [1.54, 1.807) is 0 Å². The van der Waals surface area contributed by atoms with Crippen molar-refractivity contribution < 1.29 is 14.3 Å². The molecule has 0 aliphatic carbocycles. The summed E-state index contributed by atoms with van der Waals surface area (Å²) in [5.41, 5.74) is 0.955. The highest BCUT2D eigenvalue weighted by Crippen LogP contribution is 2.39. The van der Waals surface area contributed by atoms with Gasteiger partial charge in [0.15, 0.2) is 0 Å². The second-order valence-corrected chi connectivity index (χ2v) is 5.46. The SMILES string of the molecule is CCOc1ccccc1C1CC(=O)NC(=O)C1C(C)C. The van der Waals surface area contributed by atoms with E-state index in [-0.39, 0.29) is 29.6 Å². The van der Waals surface area contributed by atoms with E-state index in [0.29, 0.717) is 13.0 Å². The average Bonchev–Trinajstić information content (AvgIpc) is 2.38. The van der Waals surface area contributed by atoms with Gasteiger partial charge in [0.05, 0.1) is 6.61 Å². The molecule has 1 heterocycles. The molecule has 0 aromatic heterocycles. The lowest BCUT2D eigenvalue weighted by atomic mass is 9.74. The molecule has 20 heavy (non-hydrogen) atoms. The summed E-state index contributed by atoms with van der Waals surface area (Å²) in [6, 6.07) is 7.68. The van der Waals surface area contributed by atoms with Crippen molar-refractivity contribution in [2.75, 3.05) is 6.61 Å². The highest BCUT2D eigenvalue weighted by atomic mass is 16.5. The fourth-order valence-electron chi connectivity index (χ4n) is 2.93. The smallest absolute Gasteiger partial charge is 0.230 e. The van der Waals surface area contributed by atoms with E-state index in [1.807, 2.05) is 45.0 Å². The number of hydrogen-bond acceptors (Lipinski definition) is 3. The Morgan fingerprint density at radius 3 is 2.65 bits per heavy atom. The predicted octanol–water partition coefficient (Wildman–Crippen LogP) is 2.49. The van der Waals surface area contributed by atoms with Gasteiger partial charge < -0.3 is 4.74 Å². The number of carbonyl (C=O) groups excluding carboxylic acids is 2. The summed E-state index contributed by atoms with van der Waals surface area (Å²) in [4.78, 5) is 23.8. The van der Waals surface area contributed by atoms with Gasteiger partial charge in [0, 0.05) is 18.3 Å². The Balaban J connectivity index is 2.41. The van der Waals surface area contributed by atoms with Crippen molar-refractivity contribution in [2.24, 2.45) is 11.8 Å². The molecule has 1 N–H and O–H groups in total. The zero-order valence-electron chi connectivity index (χ0n) is 12.2. The molecule has 1 aliphatic heterocycles. The lowest BCUT2D eigenvalue weighted by Crippen LogP contribution is -2.46. The third-order valence-corrected chi connectivity index (χ3v) is 3.74. The monoisotopic (exact) mass is 275 g/mol. The van der Waals surface area contributed by atoms with Gasteiger partial charge in [-0.15, -0.1) is 0 Å². The number of carbonyl (C=O) groups is 2. The third kappa shape index (κ3) is 2.84. The molecule has 1 aliphatic rings. The third-order valence-electron chi connectivity index (χ3n) is 3.74. The summed E-state index contributed by atoms with van der Waals surface area (Å²) in [5, 5.41) is 2.44. The minimum Gasteiger partial charge on any atom is -0.494 e. The maximum atomic E-state index is 12.1. The number of amides is 2. The van der Waals surface area contributed by atoms with E-state index in [4.69, 9.17) is 4.74 Å². The zero-order chi connectivity index (χ0) is 14.7. The van der Waals surface area contributed by atoms with Gasteiger partial charge in [-0.2, -0.15) is 0 Å². The molecule has 2 atom stereocenters. The van der Waals surface area contributed by atoms with Crippen LogP contribution in [0.2, 0.25) is 0 Å². The average molecular weight is 275 g/mol. The molecule has 2 amide bonds. The quantitative estimate of drug-likeness (QED) is 0.859. The van der Waals surface area contributed by atoms with Crippen LogP contribution in [0.25, 0.3) is 0 Å². The summed E-state index contributed by atoms with van der Waals surface area (Å²) in [7, 11) is 0. The molecule has 1 fully saturated rings. The largest absolute Gasteiger partial charge is 0.494 e. The lowest BCUT2D eigenvalue weighted by Gasteiger charge is -2.33. The fourth-order valence-corrected chi connectivity index (χ4v) is 2.93. The summed E-state index contributed by atoms with van der Waals surface area (Å²) < 4.78 is 5.65. The van der Waals surface area contributed by atoms with E-state index >= 15 is 0 Å². The number of para-hydroxylation sites is 1. The lowest BCUT2D eigenvalue weighted by molar-refractivity contribution is -0.138. The first-order chi connectivity index (χ1) is 9.54. The van der Waals surface area contributed by atoms with Gasteiger partial charge in [-0.3, -0.25) is 14.9 Å². The van der Waals surface area contributed by atoms with Gasteiger partial charge in [0.1, 0.15) is 5.75 Å². The molecular weight excluding hydrogens is 254 g/mol. The summed E-state index contributed by atoms with van der Waals surface area (Å²) >= 11 is 0. The Hall–Kier alpha value is -1.84. The molecule has 4 nitrogen and oxygen atoms in total. The molecule has 2 rings (SSSR count). The van der Waals surface area contributed by atoms with Gasteiger partial charge in [-0.25, -0.2) is 0 Å². The van der Waals surface area contributed by atoms with Crippen LogP contribution in [0, 0.1) is 11.8 Å².